The molecule has 0 radical (unpaired) electrons. The van der Waals surface area contributed by atoms with Gasteiger partial charge < -0.3 is 19.1 Å². The standard InChI is InChI=1S/C47H45N4O.Pt/c1-31(2)32-19-22-41-40(25-32)39-21-20-38(29-44(39)51(41)45-27-34(23-24-48-45)47(6,7)8)52-37-16-12-15-36(28-37)50-30-49(42-17-9-10-18-43(42)50)35-14-11-13-33(26-35)46(3,4)5;/h9-27,30-31H,1-8H3;/q-3;. The largest absolute Gasteiger partial charge is 0.509 e. The summed E-state index contributed by atoms with van der Waals surface area (Å²) in [6, 6.07) is 45.7. The molecule has 5 aromatic carbocycles. The van der Waals surface area contributed by atoms with E-state index in [4.69, 9.17) is 9.72 Å². The summed E-state index contributed by atoms with van der Waals surface area (Å²) in [4.78, 5) is 9.30. The van der Waals surface area contributed by atoms with Gasteiger partial charge >= 0.3 is 0 Å². The van der Waals surface area contributed by atoms with Gasteiger partial charge in [0.05, 0.1) is 0 Å². The molecule has 272 valence electrons. The first-order chi connectivity index (χ1) is 24.8. The smallest absolute Gasteiger partial charge is 0.135 e. The van der Waals surface area contributed by atoms with Crippen molar-refractivity contribution in [3.8, 4) is 17.3 Å². The Labute approximate surface area is 328 Å². The van der Waals surface area contributed by atoms with E-state index in [1.165, 1.54) is 22.1 Å². The van der Waals surface area contributed by atoms with Crippen molar-refractivity contribution in [2.75, 3.05) is 9.80 Å². The van der Waals surface area contributed by atoms with Crippen LogP contribution in [0.15, 0.2) is 115 Å². The predicted molar refractivity (Wildman–Crippen MR) is 216 cm³/mol. The molecule has 8 rings (SSSR count). The molecule has 5 nitrogen and oxygen atoms in total. The molecule has 0 saturated heterocycles. The molecule has 0 amide bonds. The van der Waals surface area contributed by atoms with Gasteiger partial charge in [0, 0.05) is 61.3 Å². The van der Waals surface area contributed by atoms with Crippen LogP contribution in [0.2, 0.25) is 0 Å². The first kappa shape index (κ1) is 36.5. The summed E-state index contributed by atoms with van der Waals surface area (Å²) in [7, 11) is 0. The van der Waals surface area contributed by atoms with Gasteiger partial charge in [0.2, 0.25) is 0 Å². The van der Waals surface area contributed by atoms with E-state index in [9.17, 15) is 0 Å². The van der Waals surface area contributed by atoms with Crippen LogP contribution in [0.4, 0.5) is 22.7 Å². The van der Waals surface area contributed by atoms with Gasteiger partial charge in [-0.1, -0.05) is 97.3 Å². The second-order valence-electron chi connectivity index (χ2n) is 16.2. The Morgan fingerprint density at radius 3 is 2.09 bits per heavy atom. The molecule has 0 N–H and O–H groups in total. The molecule has 6 heteroatoms. The minimum Gasteiger partial charge on any atom is -0.509 e. The van der Waals surface area contributed by atoms with Crippen LogP contribution in [0.1, 0.15) is 78.0 Å². The van der Waals surface area contributed by atoms with Crippen LogP contribution in [0.3, 0.4) is 0 Å². The summed E-state index contributed by atoms with van der Waals surface area (Å²) >= 11 is 0. The number of hydrogen-bond donors (Lipinski definition) is 0. The molecule has 0 unspecified atom stereocenters. The van der Waals surface area contributed by atoms with Gasteiger partial charge in [0.15, 0.2) is 0 Å². The second-order valence-corrected chi connectivity index (χ2v) is 16.2. The summed E-state index contributed by atoms with van der Waals surface area (Å²) in [5.41, 5.74) is 10.1. The van der Waals surface area contributed by atoms with Gasteiger partial charge in [-0.25, -0.2) is 4.98 Å². The van der Waals surface area contributed by atoms with E-state index in [0.717, 1.165) is 45.0 Å². The molecule has 0 aliphatic carbocycles. The number of fused-ring (bicyclic) bond motifs is 4. The van der Waals surface area contributed by atoms with Crippen LogP contribution in [0, 0.1) is 18.8 Å². The number of anilines is 4. The summed E-state index contributed by atoms with van der Waals surface area (Å²) < 4.78 is 8.79. The van der Waals surface area contributed by atoms with E-state index in [1.54, 1.807) is 0 Å². The summed E-state index contributed by atoms with van der Waals surface area (Å²) in [6.07, 6.45) is 1.91. The Morgan fingerprint density at radius 1 is 0.660 bits per heavy atom. The maximum Gasteiger partial charge on any atom is 0.135 e. The molecular formula is C47H45N4OPt-3. The SMILES string of the molecule is CC(C)c1ccc2c(c1)c1ccc(Oc3[c-]c(N4[CH-]N(c5cccc(C(C)(C)C)c5)c5ccccc54)ccc3)[c-]c1n2-c1cc(C(C)(C)C)ccn1.[Pt]. The zero-order valence-electron chi connectivity index (χ0n) is 31.6. The monoisotopic (exact) mass is 876 g/mol. The van der Waals surface area contributed by atoms with Crippen molar-refractivity contribution in [3.63, 3.8) is 0 Å². The molecular weight excluding hydrogens is 832 g/mol. The van der Waals surface area contributed by atoms with Crippen LogP contribution in [-0.4, -0.2) is 9.55 Å². The molecule has 2 aromatic heterocycles. The fourth-order valence-electron chi connectivity index (χ4n) is 6.99. The number of nitrogens with zero attached hydrogens (tertiary/aromatic N) is 4. The first-order valence-electron chi connectivity index (χ1n) is 18.2. The third-order valence-corrected chi connectivity index (χ3v) is 10.0. The number of hydrogen-bond acceptors (Lipinski definition) is 4. The van der Waals surface area contributed by atoms with Gasteiger partial charge in [0.25, 0.3) is 0 Å². The maximum atomic E-state index is 6.57. The van der Waals surface area contributed by atoms with Crippen molar-refractivity contribution < 1.29 is 25.8 Å². The number of ether oxygens (including phenoxy) is 1. The number of aromatic nitrogens is 2. The van der Waals surface area contributed by atoms with Crippen molar-refractivity contribution in [1.29, 1.82) is 0 Å². The molecule has 7 aromatic rings. The van der Waals surface area contributed by atoms with E-state index in [0.29, 0.717) is 17.4 Å². The molecule has 1 aliphatic rings. The molecule has 0 spiro atoms. The average molecular weight is 877 g/mol. The molecule has 53 heavy (non-hydrogen) atoms. The Balaban J connectivity index is 0.00000435. The molecule has 0 bridgehead atoms. The van der Waals surface area contributed by atoms with Crippen LogP contribution in [0.25, 0.3) is 27.6 Å². The van der Waals surface area contributed by atoms with E-state index in [1.807, 2.05) is 24.4 Å². The zero-order valence-corrected chi connectivity index (χ0v) is 33.9. The molecule has 0 saturated carbocycles. The van der Waals surface area contributed by atoms with Crippen LogP contribution >= 0.6 is 0 Å². The van der Waals surface area contributed by atoms with Crippen molar-refractivity contribution >= 4 is 44.6 Å². The Bertz CT molecular complexity index is 2450. The van der Waals surface area contributed by atoms with Gasteiger partial charge in [0.1, 0.15) is 5.82 Å². The number of pyridine rings is 1. The molecule has 0 atom stereocenters. The minimum atomic E-state index is -0.0130. The third-order valence-electron chi connectivity index (χ3n) is 10.0. The number of para-hydroxylation sites is 2. The fourth-order valence-corrected chi connectivity index (χ4v) is 6.99. The van der Waals surface area contributed by atoms with Crippen LogP contribution < -0.4 is 14.5 Å². The van der Waals surface area contributed by atoms with Crippen molar-refractivity contribution in [3.05, 3.63) is 151 Å². The Morgan fingerprint density at radius 2 is 1.36 bits per heavy atom. The van der Waals surface area contributed by atoms with E-state index in [2.05, 4.69) is 180 Å². The van der Waals surface area contributed by atoms with Crippen molar-refractivity contribution in [1.82, 2.24) is 9.55 Å². The van der Waals surface area contributed by atoms with Crippen LogP contribution in [0.5, 0.6) is 11.5 Å². The minimum absolute atomic E-state index is 0. The van der Waals surface area contributed by atoms with Gasteiger partial charge in [-0.05, 0) is 81.3 Å². The molecule has 0 fully saturated rings. The Hall–Kier alpha value is -4.86. The van der Waals surface area contributed by atoms with Crippen molar-refractivity contribution in [2.45, 2.75) is 72.1 Å². The fraction of sp³-hybridized carbons (Fsp3) is 0.234. The van der Waals surface area contributed by atoms with E-state index in [-0.39, 0.29) is 31.9 Å². The first-order valence-corrected chi connectivity index (χ1v) is 18.2. The maximum absolute atomic E-state index is 6.57. The average Bonchev–Trinajstić information content (AvgIpc) is 3.67. The van der Waals surface area contributed by atoms with Gasteiger partial charge in [-0.2, -0.15) is 12.1 Å². The summed E-state index contributed by atoms with van der Waals surface area (Å²) in [5, 5.41) is 2.30. The number of benzene rings is 5. The molecule has 1 aliphatic heterocycles. The van der Waals surface area contributed by atoms with E-state index >= 15 is 0 Å². The number of rotatable bonds is 6. The van der Waals surface area contributed by atoms with E-state index < -0.39 is 0 Å². The second kappa shape index (κ2) is 13.8. The quantitative estimate of drug-likeness (QED) is 0.156. The van der Waals surface area contributed by atoms with Crippen molar-refractivity contribution in [2.24, 2.45) is 0 Å². The predicted octanol–water partition coefficient (Wildman–Crippen LogP) is 12.7. The van der Waals surface area contributed by atoms with Gasteiger partial charge in [-0.3, -0.25) is 0 Å². The topological polar surface area (TPSA) is 33.5 Å². The Kier molecular flexibility index (Phi) is 9.53. The normalized spacial score (nSPS) is 13.2. The van der Waals surface area contributed by atoms with Crippen LogP contribution in [-0.2, 0) is 31.9 Å². The summed E-state index contributed by atoms with van der Waals surface area (Å²) in [5.74, 6) is 2.52. The molecule has 3 heterocycles. The zero-order chi connectivity index (χ0) is 36.4. The summed E-state index contributed by atoms with van der Waals surface area (Å²) in [6.45, 7) is 20.1. The van der Waals surface area contributed by atoms with Gasteiger partial charge in [-0.15, -0.1) is 48.1 Å². The third kappa shape index (κ3) is 6.88.